The second-order valence-electron chi connectivity index (χ2n) is 9.71. The molecule has 0 saturated carbocycles. The Labute approximate surface area is 248 Å². The van der Waals surface area contributed by atoms with Crippen LogP contribution in [0.4, 0.5) is 5.69 Å². The highest BCUT2D eigenvalue weighted by Gasteiger charge is 2.55. The number of benzene rings is 2. The number of nitrogens with one attached hydrogen (secondary N) is 1. The third-order valence-electron chi connectivity index (χ3n) is 6.94. The summed E-state index contributed by atoms with van der Waals surface area (Å²) < 4.78 is 10.2. The van der Waals surface area contributed by atoms with Gasteiger partial charge in [-0.15, -0.1) is 0 Å². The lowest BCUT2D eigenvalue weighted by Gasteiger charge is -2.46. The zero-order valence-corrected chi connectivity index (χ0v) is 23.4. The number of nitrogens with zero attached hydrogens (tertiary/aromatic N) is 4. The van der Waals surface area contributed by atoms with Gasteiger partial charge in [-0.3, -0.25) is 4.79 Å². The Morgan fingerprint density at radius 3 is 2.42 bits per heavy atom. The summed E-state index contributed by atoms with van der Waals surface area (Å²) >= 11 is 0. The van der Waals surface area contributed by atoms with E-state index in [1.54, 1.807) is 36.4 Å². The Hall–Kier alpha value is -4.36. The molecule has 1 saturated heterocycles. The van der Waals surface area contributed by atoms with Crippen LogP contribution in [0.25, 0.3) is 11.6 Å². The molecule has 1 amide bonds. The number of allylic oxidation sites excluding steroid dienone is 1. The van der Waals surface area contributed by atoms with Gasteiger partial charge >= 0.3 is 0 Å². The highest BCUT2D eigenvalue weighted by Crippen LogP contribution is 2.28. The molecule has 0 spiro atoms. The maximum Gasteiger partial charge on any atom is 0.224 e. The molecule has 1 heterocycles. The van der Waals surface area contributed by atoms with Crippen LogP contribution in [0, 0.1) is 34.0 Å². The molecule has 226 valence electrons. The molecule has 5 atom stereocenters. The Morgan fingerprint density at radius 2 is 1.81 bits per heavy atom. The molecule has 1 aliphatic rings. The third-order valence-corrected chi connectivity index (χ3v) is 6.94. The van der Waals surface area contributed by atoms with Gasteiger partial charge in [0.1, 0.15) is 30.5 Å². The Balaban J connectivity index is 1.64. The maximum absolute atomic E-state index is 12.7. The van der Waals surface area contributed by atoms with Gasteiger partial charge < -0.3 is 45.2 Å². The van der Waals surface area contributed by atoms with E-state index in [2.05, 4.69) is 11.4 Å². The van der Waals surface area contributed by atoms with Crippen molar-refractivity contribution in [3.8, 4) is 18.2 Å². The van der Waals surface area contributed by atoms with Crippen molar-refractivity contribution in [1.29, 1.82) is 15.8 Å². The van der Waals surface area contributed by atoms with E-state index in [9.17, 15) is 35.7 Å². The van der Waals surface area contributed by atoms with Crippen LogP contribution in [0.15, 0.2) is 42.5 Å². The Kier molecular flexibility index (Phi) is 11.7. The van der Waals surface area contributed by atoms with Crippen molar-refractivity contribution >= 4 is 23.2 Å². The molecule has 0 bridgehead atoms. The van der Waals surface area contributed by atoms with Crippen LogP contribution < -0.4 is 10.2 Å². The van der Waals surface area contributed by atoms with E-state index in [0.717, 1.165) is 5.69 Å². The van der Waals surface area contributed by atoms with Crippen molar-refractivity contribution in [2.45, 2.75) is 43.7 Å². The highest BCUT2D eigenvalue weighted by molar-refractivity contribution is 5.90. The van der Waals surface area contributed by atoms with Gasteiger partial charge in [-0.05, 0) is 48.4 Å². The fourth-order valence-corrected chi connectivity index (χ4v) is 4.52. The van der Waals surface area contributed by atoms with Crippen molar-refractivity contribution in [2.24, 2.45) is 0 Å². The summed E-state index contributed by atoms with van der Waals surface area (Å²) in [6.07, 6.45) is -5.44. The number of aliphatic hydroxyl groups is 5. The van der Waals surface area contributed by atoms with Gasteiger partial charge in [0.2, 0.25) is 17.9 Å². The van der Waals surface area contributed by atoms with Crippen molar-refractivity contribution < 1.29 is 39.8 Å². The molecule has 0 aliphatic carbocycles. The predicted octanol–water partition coefficient (Wildman–Crippen LogP) is -0.0368. The summed E-state index contributed by atoms with van der Waals surface area (Å²) in [5.74, 6) is -0.720. The van der Waals surface area contributed by atoms with Crippen LogP contribution in [-0.2, 0) is 14.3 Å². The zero-order chi connectivity index (χ0) is 31.6. The van der Waals surface area contributed by atoms with Gasteiger partial charge in [-0.25, -0.2) is 0 Å². The van der Waals surface area contributed by atoms with E-state index in [-0.39, 0.29) is 43.9 Å². The summed E-state index contributed by atoms with van der Waals surface area (Å²) in [5.41, 5.74) is 0.00529. The van der Waals surface area contributed by atoms with Gasteiger partial charge in [0.05, 0.1) is 42.6 Å². The van der Waals surface area contributed by atoms with Gasteiger partial charge in [0.15, 0.2) is 0 Å². The van der Waals surface area contributed by atoms with Crippen molar-refractivity contribution in [3.05, 3.63) is 64.7 Å². The van der Waals surface area contributed by atoms with E-state index in [1.807, 2.05) is 24.0 Å². The topological polar surface area (TPSA) is 223 Å². The fraction of sp³-hybridized carbons (Fsp3) is 0.400. The molecule has 3 rings (SSSR count). The number of carbonyl (C=O) groups is 1. The quantitative estimate of drug-likeness (QED) is 0.0828. The monoisotopic (exact) mass is 591 g/mol. The summed E-state index contributed by atoms with van der Waals surface area (Å²) in [6, 6.07) is 17.8. The van der Waals surface area contributed by atoms with Crippen LogP contribution in [0.2, 0.25) is 0 Å². The largest absolute Gasteiger partial charge is 0.394 e. The Morgan fingerprint density at radius 1 is 1.12 bits per heavy atom. The molecule has 2 aromatic rings. The number of hydrogen-bond acceptors (Lipinski definition) is 12. The fourth-order valence-electron chi connectivity index (χ4n) is 4.52. The molecule has 43 heavy (non-hydrogen) atoms. The van der Waals surface area contributed by atoms with Gasteiger partial charge in [-0.1, -0.05) is 18.2 Å². The normalized spacial score (nSPS) is 23.5. The molecular weight excluding hydrogens is 558 g/mol. The molecule has 0 unspecified atom stereocenters. The van der Waals surface area contributed by atoms with Crippen LogP contribution in [0.3, 0.4) is 0 Å². The summed E-state index contributed by atoms with van der Waals surface area (Å²) in [6.45, 7) is 1.98. The zero-order valence-electron chi connectivity index (χ0n) is 23.4. The van der Waals surface area contributed by atoms with Gasteiger partial charge in [0.25, 0.3) is 0 Å². The van der Waals surface area contributed by atoms with E-state index < -0.39 is 36.2 Å². The third kappa shape index (κ3) is 7.93. The number of carbonyl (C=O) groups excluding carboxylic acids is 1. The highest BCUT2D eigenvalue weighted by atomic mass is 16.7. The van der Waals surface area contributed by atoms with E-state index in [1.165, 1.54) is 12.1 Å². The van der Waals surface area contributed by atoms with Gasteiger partial charge in [-0.2, -0.15) is 15.8 Å². The van der Waals surface area contributed by atoms with Crippen LogP contribution in [0.1, 0.15) is 35.6 Å². The van der Waals surface area contributed by atoms with Crippen molar-refractivity contribution in [3.63, 3.8) is 0 Å². The van der Waals surface area contributed by atoms with E-state index in [0.29, 0.717) is 23.2 Å². The molecule has 2 aromatic carbocycles. The summed E-state index contributed by atoms with van der Waals surface area (Å²) in [7, 11) is 0. The van der Waals surface area contributed by atoms with Crippen molar-refractivity contribution in [1.82, 2.24) is 5.32 Å². The minimum absolute atomic E-state index is 0.0588. The number of rotatable bonds is 12. The first kappa shape index (κ1) is 33.1. The van der Waals surface area contributed by atoms with Crippen molar-refractivity contribution in [2.75, 3.05) is 37.8 Å². The van der Waals surface area contributed by atoms with Crippen LogP contribution >= 0.6 is 0 Å². The minimum Gasteiger partial charge on any atom is -0.394 e. The number of amides is 1. The lowest BCUT2D eigenvalue weighted by atomic mass is 9.93. The molecule has 6 N–H and O–H groups in total. The number of aliphatic hydroxyl groups excluding tert-OH is 4. The number of hydrogen-bond donors (Lipinski definition) is 6. The lowest BCUT2D eigenvalue weighted by molar-refractivity contribution is -0.337. The molecule has 13 nitrogen and oxygen atoms in total. The first-order chi connectivity index (χ1) is 20.6. The predicted molar refractivity (Wildman–Crippen MR) is 152 cm³/mol. The average Bonchev–Trinajstić information content (AvgIpc) is 3.02. The lowest BCUT2D eigenvalue weighted by Crippen LogP contribution is -2.73. The summed E-state index contributed by atoms with van der Waals surface area (Å²) in [4.78, 5) is 14.6. The van der Waals surface area contributed by atoms with Crippen LogP contribution in [0.5, 0.6) is 0 Å². The van der Waals surface area contributed by atoms with Crippen LogP contribution in [-0.4, -0.2) is 94.7 Å². The van der Waals surface area contributed by atoms with E-state index in [4.69, 9.17) is 19.8 Å². The maximum atomic E-state index is 12.7. The average molecular weight is 592 g/mol. The van der Waals surface area contributed by atoms with Gasteiger partial charge in [0, 0.05) is 25.2 Å². The smallest absolute Gasteiger partial charge is 0.224 e. The van der Waals surface area contributed by atoms with E-state index >= 15 is 0 Å². The first-order valence-electron chi connectivity index (χ1n) is 13.4. The molecule has 0 radical (unpaired) electrons. The molecule has 1 aliphatic heterocycles. The minimum atomic E-state index is -2.67. The SMILES string of the molecule is CCN(CCC(=O)N[C@]1(O)[C@H](O)O[C@H](COCCO)[C@@H](O)[C@@H]1O)c1ccc(/C=C(\C#N)c2ccc(C#N)c(C#N)c2)cc1. The molecule has 0 aromatic heterocycles. The molecule has 13 heteroatoms. The second-order valence-corrected chi connectivity index (χ2v) is 9.71. The number of ether oxygens (including phenoxy) is 2. The number of anilines is 1. The molecule has 1 fully saturated rings. The molecular formula is C30H33N5O8. The first-order valence-corrected chi connectivity index (χ1v) is 13.4. The number of nitriles is 3. The second kappa shape index (κ2) is 15.2. The standard InChI is InChI=1S/C30H33N5O8/c1-2-35(10-9-26(37)34-30(41)28(39)27(38)25(43-29(30)40)18-42-12-11-36)24-7-3-19(4-8-24)13-22(16-32)20-5-6-21(15-31)23(14-20)17-33/h3-8,13-14,25,27-29,36,38-41H,2,9-12,18H2,1H3,(H,34,37)/b22-13+/t25-,27-,28+,29-,30-/m1/s1. The summed E-state index contributed by atoms with van der Waals surface area (Å²) in [5, 5.41) is 80.9. The Bertz CT molecular complexity index is 1430.